The van der Waals surface area contributed by atoms with Gasteiger partial charge in [-0.15, -0.1) is 23.5 Å². The summed E-state index contributed by atoms with van der Waals surface area (Å²) in [5.41, 5.74) is 1.25. The van der Waals surface area contributed by atoms with E-state index >= 15 is 0 Å². The molecule has 0 aliphatic carbocycles. The van der Waals surface area contributed by atoms with Gasteiger partial charge in [0.1, 0.15) is 5.82 Å². The predicted molar refractivity (Wildman–Crippen MR) is 58.7 cm³/mol. The Morgan fingerprint density at radius 1 is 1.08 bits per heavy atom. The molecule has 0 aromatic heterocycles. The molecule has 1 saturated heterocycles. The Kier molecular flexibility index (Phi) is 3.17. The van der Waals surface area contributed by atoms with Gasteiger partial charge in [-0.1, -0.05) is 12.1 Å². The molecule has 0 nitrogen and oxygen atoms in total. The standard InChI is InChI=1S/C10H11FS2/c11-9-4-2-8(3-5-9)10-12-6-1-7-13-10/h2-5,10H,1,6-7H2. The Labute approximate surface area is 86.3 Å². The molecule has 0 atom stereocenters. The van der Waals surface area contributed by atoms with Gasteiger partial charge in [0, 0.05) is 0 Å². The van der Waals surface area contributed by atoms with Crippen LogP contribution in [-0.4, -0.2) is 11.5 Å². The number of rotatable bonds is 1. The molecule has 1 aromatic rings. The van der Waals surface area contributed by atoms with Crippen LogP contribution in [0, 0.1) is 5.82 Å². The Balaban J connectivity index is 2.10. The molecule has 0 saturated carbocycles. The van der Waals surface area contributed by atoms with Crippen LogP contribution >= 0.6 is 23.5 Å². The minimum atomic E-state index is -0.144. The van der Waals surface area contributed by atoms with Gasteiger partial charge in [-0.3, -0.25) is 0 Å². The molecule has 1 fully saturated rings. The quantitative estimate of drug-likeness (QED) is 0.699. The monoisotopic (exact) mass is 214 g/mol. The molecule has 0 bridgehead atoms. The van der Waals surface area contributed by atoms with Crippen LogP contribution in [0.4, 0.5) is 4.39 Å². The van der Waals surface area contributed by atoms with E-state index in [9.17, 15) is 4.39 Å². The fourth-order valence-electron chi connectivity index (χ4n) is 1.30. The zero-order valence-corrected chi connectivity index (χ0v) is 8.84. The highest BCUT2D eigenvalue weighted by Crippen LogP contribution is 2.43. The van der Waals surface area contributed by atoms with Crippen LogP contribution < -0.4 is 0 Å². The maximum absolute atomic E-state index is 12.6. The highest BCUT2D eigenvalue weighted by Gasteiger charge is 2.15. The van der Waals surface area contributed by atoms with Crippen molar-refractivity contribution in [3.05, 3.63) is 35.6 Å². The Morgan fingerprint density at radius 3 is 2.31 bits per heavy atom. The van der Waals surface area contributed by atoms with Crippen molar-refractivity contribution < 1.29 is 4.39 Å². The maximum Gasteiger partial charge on any atom is 0.123 e. The molecule has 1 aliphatic heterocycles. The topological polar surface area (TPSA) is 0 Å². The molecule has 1 aliphatic rings. The van der Waals surface area contributed by atoms with Gasteiger partial charge in [0.05, 0.1) is 4.58 Å². The van der Waals surface area contributed by atoms with Crippen LogP contribution in [0.25, 0.3) is 0 Å². The normalized spacial score (nSPS) is 18.8. The zero-order chi connectivity index (χ0) is 9.10. The van der Waals surface area contributed by atoms with Crippen LogP contribution in [0.2, 0.25) is 0 Å². The molecule has 0 spiro atoms. The second-order valence-corrected chi connectivity index (χ2v) is 5.70. The fourth-order valence-corrected chi connectivity index (χ4v) is 4.19. The van der Waals surface area contributed by atoms with E-state index in [0.29, 0.717) is 4.58 Å². The van der Waals surface area contributed by atoms with E-state index in [0.717, 1.165) is 0 Å². The van der Waals surface area contributed by atoms with Gasteiger partial charge in [0.25, 0.3) is 0 Å². The van der Waals surface area contributed by atoms with Crippen LogP contribution in [0.1, 0.15) is 16.6 Å². The van der Waals surface area contributed by atoms with Crippen molar-refractivity contribution in [1.29, 1.82) is 0 Å². The zero-order valence-electron chi connectivity index (χ0n) is 7.20. The molecule has 0 N–H and O–H groups in total. The molecule has 0 amide bonds. The van der Waals surface area contributed by atoms with Crippen molar-refractivity contribution >= 4 is 23.5 Å². The number of halogens is 1. The van der Waals surface area contributed by atoms with E-state index < -0.39 is 0 Å². The molecule has 2 rings (SSSR count). The van der Waals surface area contributed by atoms with Crippen molar-refractivity contribution in [2.45, 2.75) is 11.0 Å². The third-order valence-electron chi connectivity index (χ3n) is 1.97. The summed E-state index contributed by atoms with van der Waals surface area (Å²) in [5, 5.41) is 0. The highest BCUT2D eigenvalue weighted by atomic mass is 32.2. The van der Waals surface area contributed by atoms with Crippen LogP contribution in [-0.2, 0) is 0 Å². The van der Waals surface area contributed by atoms with Crippen LogP contribution in [0.3, 0.4) is 0 Å². The molecule has 3 heteroatoms. The van der Waals surface area contributed by atoms with Gasteiger partial charge in [-0.25, -0.2) is 4.39 Å². The molecular weight excluding hydrogens is 203 g/mol. The van der Waals surface area contributed by atoms with Crippen LogP contribution in [0.15, 0.2) is 24.3 Å². The van der Waals surface area contributed by atoms with Crippen molar-refractivity contribution in [3.63, 3.8) is 0 Å². The van der Waals surface area contributed by atoms with Crippen LogP contribution in [0.5, 0.6) is 0 Å². The molecule has 0 radical (unpaired) electrons. The van der Waals surface area contributed by atoms with Crippen molar-refractivity contribution in [1.82, 2.24) is 0 Å². The van der Waals surface area contributed by atoms with Gasteiger partial charge >= 0.3 is 0 Å². The van der Waals surface area contributed by atoms with E-state index in [1.165, 1.54) is 23.5 Å². The van der Waals surface area contributed by atoms with Gasteiger partial charge < -0.3 is 0 Å². The summed E-state index contributed by atoms with van der Waals surface area (Å²) < 4.78 is 13.2. The number of benzene rings is 1. The number of hydrogen-bond acceptors (Lipinski definition) is 2. The Hall–Kier alpha value is -0.150. The lowest BCUT2D eigenvalue weighted by molar-refractivity contribution is 0.627. The molecular formula is C10H11FS2. The van der Waals surface area contributed by atoms with Gasteiger partial charge in [-0.05, 0) is 35.6 Å². The smallest absolute Gasteiger partial charge is 0.123 e. The summed E-state index contributed by atoms with van der Waals surface area (Å²) in [7, 11) is 0. The lowest BCUT2D eigenvalue weighted by Crippen LogP contribution is -1.99. The summed E-state index contributed by atoms with van der Waals surface area (Å²) >= 11 is 3.93. The third kappa shape index (κ3) is 2.41. The first-order valence-corrected chi connectivity index (χ1v) is 6.45. The highest BCUT2D eigenvalue weighted by molar-refractivity contribution is 8.16. The summed E-state index contributed by atoms with van der Waals surface area (Å²) in [4.78, 5) is 0. The van der Waals surface area contributed by atoms with Crippen molar-refractivity contribution in [3.8, 4) is 0 Å². The molecule has 1 heterocycles. The molecule has 13 heavy (non-hydrogen) atoms. The minimum Gasteiger partial charge on any atom is -0.207 e. The lowest BCUT2D eigenvalue weighted by atomic mass is 10.2. The first-order chi connectivity index (χ1) is 6.36. The number of thioether (sulfide) groups is 2. The Morgan fingerprint density at radius 2 is 1.69 bits per heavy atom. The fraction of sp³-hybridized carbons (Fsp3) is 0.400. The van der Waals surface area contributed by atoms with E-state index in [4.69, 9.17) is 0 Å². The molecule has 70 valence electrons. The summed E-state index contributed by atoms with van der Waals surface area (Å²) in [6.07, 6.45) is 1.30. The van der Waals surface area contributed by atoms with Crippen molar-refractivity contribution in [2.75, 3.05) is 11.5 Å². The first-order valence-electron chi connectivity index (χ1n) is 4.35. The predicted octanol–water partition coefficient (Wildman–Crippen LogP) is 3.69. The molecule has 0 unspecified atom stereocenters. The Bertz CT molecular complexity index is 265. The van der Waals surface area contributed by atoms with E-state index in [-0.39, 0.29) is 5.82 Å². The summed E-state index contributed by atoms with van der Waals surface area (Å²) in [5.74, 6) is 2.32. The lowest BCUT2D eigenvalue weighted by Gasteiger charge is -2.20. The van der Waals surface area contributed by atoms with E-state index in [1.54, 1.807) is 12.1 Å². The third-order valence-corrected chi connectivity index (χ3v) is 4.98. The van der Waals surface area contributed by atoms with Crippen molar-refractivity contribution in [2.24, 2.45) is 0 Å². The second kappa shape index (κ2) is 4.38. The largest absolute Gasteiger partial charge is 0.207 e. The average molecular weight is 214 g/mol. The van der Waals surface area contributed by atoms with Gasteiger partial charge in [0.15, 0.2) is 0 Å². The maximum atomic E-state index is 12.6. The minimum absolute atomic E-state index is 0.144. The average Bonchev–Trinajstić information content (AvgIpc) is 2.20. The SMILES string of the molecule is Fc1ccc(C2SCCCS2)cc1. The first kappa shape index (κ1) is 9.41. The summed E-state index contributed by atoms with van der Waals surface area (Å²) in [6.45, 7) is 0. The number of hydrogen-bond donors (Lipinski definition) is 0. The van der Waals surface area contributed by atoms with Gasteiger partial charge in [-0.2, -0.15) is 0 Å². The van der Waals surface area contributed by atoms with E-state index in [2.05, 4.69) is 0 Å². The molecule has 1 aromatic carbocycles. The summed E-state index contributed by atoms with van der Waals surface area (Å²) in [6, 6.07) is 6.88. The van der Waals surface area contributed by atoms with Gasteiger partial charge in [0.2, 0.25) is 0 Å². The van der Waals surface area contributed by atoms with E-state index in [1.807, 2.05) is 35.7 Å². The second-order valence-electron chi connectivity index (χ2n) is 2.98.